The summed E-state index contributed by atoms with van der Waals surface area (Å²) in [6.07, 6.45) is 1.63. The van der Waals surface area contributed by atoms with Crippen molar-refractivity contribution < 1.29 is 4.79 Å². The lowest BCUT2D eigenvalue weighted by molar-refractivity contribution is 0.259. The van der Waals surface area contributed by atoms with Crippen molar-refractivity contribution in [3.63, 3.8) is 0 Å². The Kier molecular flexibility index (Phi) is 3.43. The quantitative estimate of drug-likeness (QED) is 0.688. The minimum atomic E-state index is -0.568. The second-order valence-corrected chi connectivity index (χ2v) is 4.09. The van der Waals surface area contributed by atoms with Gasteiger partial charge >= 0.3 is 6.03 Å². The SMILES string of the molecule is Cc1cc(NC(N)=O)cnc1N1CCNCC1. The lowest BCUT2D eigenvalue weighted by Gasteiger charge is -2.29. The molecule has 0 spiro atoms. The Balaban J connectivity index is 2.15. The first kappa shape index (κ1) is 11.7. The van der Waals surface area contributed by atoms with Crippen LogP contribution in [0.1, 0.15) is 5.56 Å². The molecule has 0 atom stereocenters. The molecule has 6 nitrogen and oxygen atoms in total. The Morgan fingerprint density at radius 2 is 2.24 bits per heavy atom. The number of aryl methyl sites for hydroxylation is 1. The first-order chi connectivity index (χ1) is 8.16. The van der Waals surface area contributed by atoms with E-state index in [0.717, 1.165) is 37.6 Å². The van der Waals surface area contributed by atoms with Crippen molar-refractivity contribution in [3.8, 4) is 0 Å². The number of piperazine rings is 1. The van der Waals surface area contributed by atoms with Crippen LogP contribution in [0.4, 0.5) is 16.3 Å². The van der Waals surface area contributed by atoms with E-state index in [9.17, 15) is 4.79 Å². The molecule has 0 bridgehead atoms. The van der Waals surface area contributed by atoms with Crippen molar-refractivity contribution in [1.82, 2.24) is 10.3 Å². The van der Waals surface area contributed by atoms with Gasteiger partial charge < -0.3 is 21.3 Å². The van der Waals surface area contributed by atoms with Crippen molar-refractivity contribution in [1.29, 1.82) is 0 Å². The van der Waals surface area contributed by atoms with Crippen molar-refractivity contribution >= 4 is 17.5 Å². The van der Waals surface area contributed by atoms with E-state index >= 15 is 0 Å². The summed E-state index contributed by atoms with van der Waals surface area (Å²) in [5, 5.41) is 5.82. The van der Waals surface area contributed by atoms with Crippen LogP contribution in [0.15, 0.2) is 12.3 Å². The molecule has 2 amide bonds. The highest BCUT2D eigenvalue weighted by Gasteiger charge is 2.14. The molecule has 6 heteroatoms. The molecule has 0 aromatic carbocycles. The highest BCUT2D eigenvalue weighted by Crippen LogP contribution is 2.20. The lowest BCUT2D eigenvalue weighted by Crippen LogP contribution is -2.44. The molecular weight excluding hydrogens is 218 g/mol. The van der Waals surface area contributed by atoms with Crippen molar-refractivity contribution in [2.24, 2.45) is 5.73 Å². The van der Waals surface area contributed by atoms with Crippen molar-refractivity contribution in [3.05, 3.63) is 17.8 Å². The molecule has 2 heterocycles. The number of carbonyl (C=O) groups excluding carboxylic acids is 1. The number of nitrogens with two attached hydrogens (primary N) is 1. The van der Waals surface area contributed by atoms with Gasteiger partial charge in [0.1, 0.15) is 5.82 Å². The van der Waals surface area contributed by atoms with E-state index in [2.05, 4.69) is 20.5 Å². The van der Waals surface area contributed by atoms with E-state index < -0.39 is 6.03 Å². The Morgan fingerprint density at radius 1 is 1.53 bits per heavy atom. The number of nitrogens with zero attached hydrogens (tertiary/aromatic N) is 2. The van der Waals surface area contributed by atoms with Gasteiger partial charge in [-0.2, -0.15) is 0 Å². The number of nitrogens with one attached hydrogen (secondary N) is 2. The molecule has 0 saturated carbocycles. The monoisotopic (exact) mass is 235 g/mol. The summed E-state index contributed by atoms with van der Waals surface area (Å²) in [7, 11) is 0. The van der Waals surface area contributed by atoms with Gasteiger partial charge in [-0.05, 0) is 18.6 Å². The number of carbonyl (C=O) groups is 1. The molecule has 2 rings (SSSR count). The van der Waals surface area contributed by atoms with Crippen LogP contribution in [0.5, 0.6) is 0 Å². The van der Waals surface area contributed by atoms with Crippen LogP contribution in [0.2, 0.25) is 0 Å². The highest BCUT2D eigenvalue weighted by molar-refractivity contribution is 5.87. The van der Waals surface area contributed by atoms with Gasteiger partial charge in [-0.15, -0.1) is 0 Å². The molecule has 0 unspecified atom stereocenters. The fourth-order valence-electron chi connectivity index (χ4n) is 1.99. The molecule has 1 saturated heterocycles. The summed E-state index contributed by atoms with van der Waals surface area (Å²) in [6, 6.07) is 1.32. The van der Waals surface area contributed by atoms with Crippen LogP contribution in [-0.4, -0.2) is 37.2 Å². The summed E-state index contributed by atoms with van der Waals surface area (Å²) in [6.45, 7) is 5.84. The topological polar surface area (TPSA) is 83.3 Å². The first-order valence-electron chi connectivity index (χ1n) is 5.65. The molecule has 1 aromatic rings. The zero-order valence-corrected chi connectivity index (χ0v) is 9.86. The minimum absolute atomic E-state index is 0.568. The molecule has 4 N–H and O–H groups in total. The van der Waals surface area contributed by atoms with Crippen LogP contribution in [0.25, 0.3) is 0 Å². The Hall–Kier alpha value is -1.82. The van der Waals surface area contributed by atoms with Crippen molar-refractivity contribution in [2.45, 2.75) is 6.92 Å². The zero-order chi connectivity index (χ0) is 12.3. The van der Waals surface area contributed by atoms with Gasteiger partial charge in [-0.1, -0.05) is 0 Å². The standard InChI is InChI=1S/C11H17N5O/c1-8-6-9(15-11(12)17)7-14-10(8)16-4-2-13-3-5-16/h6-7,13H,2-5H2,1H3,(H3,12,15,17). The normalized spacial score (nSPS) is 15.7. The van der Waals surface area contributed by atoms with Gasteiger partial charge in [0.25, 0.3) is 0 Å². The molecule has 1 aliphatic rings. The van der Waals surface area contributed by atoms with E-state index in [-0.39, 0.29) is 0 Å². The van der Waals surface area contributed by atoms with E-state index in [1.54, 1.807) is 6.20 Å². The van der Waals surface area contributed by atoms with Gasteiger partial charge in [-0.25, -0.2) is 9.78 Å². The molecule has 1 aliphatic heterocycles. The maximum Gasteiger partial charge on any atom is 0.316 e. The number of urea groups is 1. The predicted molar refractivity (Wildman–Crippen MR) is 67.3 cm³/mol. The number of rotatable bonds is 2. The summed E-state index contributed by atoms with van der Waals surface area (Å²) in [4.78, 5) is 17.4. The minimum Gasteiger partial charge on any atom is -0.354 e. The number of aromatic nitrogens is 1. The van der Waals surface area contributed by atoms with Gasteiger partial charge in [0.05, 0.1) is 11.9 Å². The Morgan fingerprint density at radius 3 is 2.82 bits per heavy atom. The summed E-state index contributed by atoms with van der Waals surface area (Å²) >= 11 is 0. The third kappa shape index (κ3) is 2.85. The van der Waals surface area contributed by atoms with Crippen LogP contribution >= 0.6 is 0 Å². The number of anilines is 2. The van der Waals surface area contributed by atoms with E-state index in [0.29, 0.717) is 5.69 Å². The average Bonchev–Trinajstić information content (AvgIpc) is 2.29. The van der Waals surface area contributed by atoms with Crippen LogP contribution in [0.3, 0.4) is 0 Å². The molecular formula is C11H17N5O. The zero-order valence-electron chi connectivity index (χ0n) is 9.86. The fraction of sp³-hybridized carbons (Fsp3) is 0.455. The molecule has 1 fully saturated rings. The Labute approximate surface area is 100 Å². The number of hydrogen-bond donors (Lipinski definition) is 3. The van der Waals surface area contributed by atoms with E-state index in [1.165, 1.54) is 0 Å². The maximum atomic E-state index is 10.7. The maximum absolute atomic E-state index is 10.7. The Bertz CT molecular complexity index is 414. The molecule has 0 aliphatic carbocycles. The largest absolute Gasteiger partial charge is 0.354 e. The summed E-state index contributed by atoms with van der Waals surface area (Å²) in [5.74, 6) is 0.974. The lowest BCUT2D eigenvalue weighted by atomic mass is 10.2. The third-order valence-electron chi connectivity index (χ3n) is 2.73. The smallest absolute Gasteiger partial charge is 0.316 e. The van der Waals surface area contributed by atoms with Gasteiger partial charge in [0.15, 0.2) is 0 Å². The van der Waals surface area contributed by atoms with Crippen LogP contribution < -0.4 is 21.3 Å². The molecule has 17 heavy (non-hydrogen) atoms. The van der Waals surface area contributed by atoms with Gasteiger partial charge in [0.2, 0.25) is 0 Å². The second-order valence-electron chi connectivity index (χ2n) is 4.09. The molecule has 92 valence electrons. The number of primary amides is 1. The first-order valence-corrected chi connectivity index (χ1v) is 5.65. The van der Waals surface area contributed by atoms with Gasteiger partial charge in [-0.3, -0.25) is 0 Å². The average molecular weight is 235 g/mol. The van der Waals surface area contributed by atoms with E-state index in [4.69, 9.17) is 5.73 Å². The number of pyridine rings is 1. The number of amides is 2. The molecule has 1 aromatic heterocycles. The predicted octanol–water partition coefficient (Wildman–Crippen LogP) is 0.290. The van der Waals surface area contributed by atoms with Crippen molar-refractivity contribution in [2.75, 3.05) is 36.4 Å². The fourth-order valence-corrected chi connectivity index (χ4v) is 1.99. The summed E-state index contributed by atoms with van der Waals surface area (Å²) < 4.78 is 0. The van der Waals surface area contributed by atoms with Crippen LogP contribution in [0, 0.1) is 6.92 Å². The second kappa shape index (κ2) is 5.01. The highest BCUT2D eigenvalue weighted by atomic mass is 16.2. The molecule has 0 radical (unpaired) electrons. The van der Waals surface area contributed by atoms with E-state index in [1.807, 2.05) is 13.0 Å². The number of hydrogen-bond acceptors (Lipinski definition) is 4. The van der Waals surface area contributed by atoms with Crippen LogP contribution in [-0.2, 0) is 0 Å². The van der Waals surface area contributed by atoms with Gasteiger partial charge in [0, 0.05) is 26.2 Å². The third-order valence-corrected chi connectivity index (χ3v) is 2.73. The summed E-state index contributed by atoms with van der Waals surface area (Å²) in [5.41, 5.74) is 6.73.